The van der Waals surface area contributed by atoms with Crippen LogP contribution in [0.2, 0.25) is 0 Å². The second-order valence-corrected chi connectivity index (χ2v) is 13.9. The van der Waals surface area contributed by atoms with Gasteiger partial charge in [0.2, 0.25) is 11.8 Å². The van der Waals surface area contributed by atoms with Gasteiger partial charge in [0, 0.05) is 41.3 Å². The highest BCUT2D eigenvalue weighted by molar-refractivity contribution is 7.65. The van der Waals surface area contributed by atoms with E-state index in [-0.39, 0.29) is 49.6 Å². The van der Waals surface area contributed by atoms with Crippen molar-refractivity contribution in [3.05, 3.63) is 94.0 Å². The molecule has 5 amide bonds. The van der Waals surface area contributed by atoms with Crippen LogP contribution in [0.25, 0.3) is 0 Å². The number of carbonyl (C=O) groups is 5. The Morgan fingerprint density at radius 3 is 2.13 bits per heavy atom. The maximum atomic E-state index is 13.5. The number of amides is 5. The third kappa shape index (κ3) is 14.1. The molecule has 0 aromatic heterocycles. The smallest absolute Gasteiger partial charge is 0.429 e. The SMILES string of the molecule is C#CP(=O)(Nc1ccc(C(=O)NC(C(=O)N[C@@H](CCCNC(N)=O)C(=O)Nc2ccc(COC(=O)Oc3ccc([N+](=O)[O-])cc3)cc2)C(C)C)cc1)OCC. The van der Waals surface area contributed by atoms with Crippen molar-refractivity contribution in [3.8, 4) is 17.8 Å². The zero-order valence-corrected chi connectivity index (χ0v) is 31.1. The minimum Gasteiger partial charge on any atom is -0.429 e. The molecule has 0 saturated heterocycles. The number of hydrogen-bond acceptors (Lipinski definition) is 11. The minimum absolute atomic E-state index is 0.0560. The van der Waals surface area contributed by atoms with Gasteiger partial charge in [0.15, 0.2) is 0 Å². The number of nitrogens with one attached hydrogen (secondary N) is 5. The minimum atomic E-state index is -3.56. The molecule has 0 aliphatic carbocycles. The van der Waals surface area contributed by atoms with Crippen LogP contribution >= 0.6 is 7.52 Å². The normalized spacial score (nSPS) is 12.8. The molecule has 0 radical (unpaired) electrons. The summed E-state index contributed by atoms with van der Waals surface area (Å²) in [6, 6.07) is 14.1. The van der Waals surface area contributed by atoms with Crippen molar-refractivity contribution >= 4 is 54.5 Å². The largest absolute Gasteiger partial charge is 0.514 e. The van der Waals surface area contributed by atoms with Crippen LogP contribution in [0.15, 0.2) is 72.8 Å². The third-order valence-corrected chi connectivity index (χ3v) is 9.08. The van der Waals surface area contributed by atoms with Gasteiger partial charge in [0.05, 0.1) is 11.5 Å². The number of carbonyl (C=O) groups excluding carboxylic acids is 5. The molecule has 55 heavy (non-hydrogen) atoms. The van der Waals surface area contributed by atoms with Crippen molar-refractivity contribution in [2.75, 3.05) is 23.6 Å². The second-order valence-electron chi connectivity index (χ2n) is 12.1. The molecular weight excluding hydrogens is 737 g/mol. The Morgan fingerprint density at radius 1 is 0.927 bits per heavy atom. The first-order valence-corrected chi connectivity index (χ1v) is 18.5. The molecule has 3 aromatic carbocycles. The van der Waals surface area contributed by atoms with E-state index in [9.17, 15) is 38.7 Å². The molecule has 0 aliphatic rings. The number of terminal acetylenes is 1. The predicted molar refractivity (Wildman–Crippen MR) is 202 cm³/mol. The second kappa shape index (κ2) is 20.7. The molecule has 0 saturated carbocycles. The number of nitro groups is 1. The fourth-order valence-electron chi connectivity index (χ4n) is 4.77. The van der Waals surface area contributed by atoms with Crippen molar-refractivity contribution in [3.63, 3.8) is 0 Å². The average molecular weight is 780 g/mol. The summed E-state index contributed by atoms with van der Waals surface area (Å²) >= 11 is 0. The molecule has 292 valence electrons. The molecule has 0 bridgehead atoms. The summed E-state index contributed by atoms with van der Waals surface area (Å²) in [4.78, 5) is 73.6. The lowest BCUT2D eigenvalue weighted by Crippen LogP contribution is -2.54. The Morgan fingerprint density at radius 2 is 1.56 bits per heavy atom. The van der Waals surface area contributed by atoms with Gasteiger partial charge < -0.3 is 46.1 Å². The van der Waals surface area contributed by atoms with E-state index in [1.54, 1.807) is 45.0 Å². The topological polar surface area (TPSA) is 259 Å². The summed E-state index contributed by atoms with van der Waals surface area (Å²) in [5, 5.41) is 24.0. The number of rotatable bonds is 19. The molecule has 3 atom stereocenters. The lowest BCUT2D eigenvalue weighted by atomic mass is 10.0. The summed E-state index contributed by atoms with van der Waals surface area (Å²) in [7, 11) is -3.56. The zero-order valence-electron chi connectivity index (χ0n) is 30.2. The first-order valence-electron chi connectivity index (χ1n) is 16.9. The molecule has 3 rings (SSSR count). The number of urea groups is 1. The molecule has 0 heterocycles. The fraction of sp³-hybridized carbons (Fsp3) is 0.306. The standard InChI is InChI=1S/C36H42N7O11P/c1-5-53-55(51,6-2)42-27-15-11-25(12-16-27)32(44)41-31(23(3)4)34(46)40-30(8-7-21-38-35(37)47)33(45)39-26-13-9-24(10-14-26)22-52-36(48)54-29-19-17-28(18-20-29)43(49)50/h2,9-20,23,30-31H,5,7-8,21-22H2,1,3-4H3,(H,39,45)(H,40,46)(H,41,44)(H,42,51)(H3,37,38,47)/t30-,31?,55?/m0/s1. The molecule has 0 fully saturated rings. The molecule has 3 aromatic rings. The summed E-state index contributed by atoms with van der Waals surface area (Å²) in [5.41, 5.74) is 8.53. The summed E-state index contributed by atoms with van der Waals surface area (Å²) < 4.78 is 27.8. The van der Waals surface area contributed by atoms with Crippen LogP contribution in [0, 0.1) is 28.1 Å². The van der Waals surface area contributed by atoms with Crippen molar-refractivity contribution in [1.82, 2.24) is 16.0 Å². The number of nitrogens with zero attached hydrogens (tertiary/aromatic N) is 1. The lowest BCUT2D eigenvalue weighted by molar-refractivity contribution is -0.384. The molecule has 18 nitrogen and oxygen atoms in total. The van der Waals surface area contributed by atoms with Gasteiger partial charge in [-0.3, -0.25) is 29.1 Å². The van der Waals surface area contributed by atoms with E-state index >= 15 is 0 Å². The Hall–Kier alpha value is -6.44. The first-order chi connectivity index (χ1) is 26.1. The molecule has 2 unspecified atom stereocenters. The van der Waals surface area contributed by atoms with Gasteiger partial charge in [0.1, 0.15) is 24.4 Å². The van der Waals surface area contributed by atoms with Crippen LogP contribution in [0.3, 0.4) is 0 Å². The molecule has 7 N–H and O–H groups in total. The van der Waals surface area contributed by atoms with E-state index < -0.39 is 60.4 Å². The van der Waals surface area contributed by atoms with E-state index in [1.807, 2.05) is 0 Å². The number of primary amides is 1. The highest BCUT2D eigenvalue weighted by Crippen LogP contribution is 2.45. The Kier molecular flexibility index (Phi) is 16.2. The van der Waals surface area contributed by atoms with Crippen molar-refractivity contribution in [2.24, 2.45) is 11.7 Å². The Balaban J connectivity index is 1.63. The lowest BCUT2D eigenvalue weighted by Gasteiger charge is -2.25. The Bertz CT molecular complexity index is 1920. The number of non-ortho nitro benzene ring substituents is 1. The van der Waals surface area contributed by atoms with E-state index in [1.165, 1.54) is 48.5 Å². The van der Waals surface area contributed by atoms with Gasteiger partial charge in [-0.05, 0) is 79.8 Å². The zero-order chi connectivity index (χ0) is 40.5. The van der Waals surface area contributed by atoms with E-state index in [0.717, 1.165) is 0 Å². The summed E-state index contributed by atoms with van der Waals surface area (Å²) in [5.74, 6) is -2.15. The monoisotopic (exact) mass is 779 g/mol. The average Bonchev–Trinajstić information content (AvgIpc) is 3.14. The highest BCUT2D eigenvalue weighted by atomic mass is 31.2. The van der Waals surface area contributed by atoms with Crippen LogP contribution in [-0.4, -0.2) is 60.1 Å². The quantitative estimate of drug-likeness (QED) is 0.0181. The number of nitrogens with two attached hydrogens (primary N) is 1. The van der Waals surface area contributed by atoms with E-state index in [4.69, 9.17) is 26.2 Å². The van der Waals surface area contributed by atoms with Crippen molar-refractivity contribution in [1.29, 1.82) is 0 Å². The Labute approximate surface area is 316 Å². The molecule has 0 spiro atoms. The summed E-state index contributed by atoms with van der Waals surface area (Å²) in [6.07, 6.45) is 4.67. The van der Waals surface area contributed by atoms with Gasteiger partial charge in [-0.25, -0.2) is 9.59 Å². The fourth-order valence-corrected chi connectivity index (χ4v) is 5.83. The van der Waals surface area contributed by atoms with Gasteiger partial charge in [-0.2, -0.15) is 0 Å². The summed E-state index contributed by atoms with van der Waals surface area (Å²) in [6.45, 7) is 5.16. The number of nitro benzene ring substituents is 1. The number of ether oxygens (including phenoxy) is 2. The van der Waals surface area contributed by atoms with E-state index in [2.05, 4.69) is 32.0 Å². The number of hydrogen-bond donors (Lipinski definition) is 6. The van der Waals surface area contributed by atoms with E-state index in [0.29, 0.717) is 16.9 Å². The highest BCUT2D eigenvalue weighted by Gasteiger charge is 2.29. The third-order valence-electron chi connectivity index (χ3n) is 7.57. The van der Waals surface area contributed by atoms with Crippen molar-refractivity contribution < 1.29 is 47.5 Å². The van der Waals surface area contributed by atoms with Gasteiger partial charge in [-0.1, -0.05) is 26.0 Å². The number of anilines is 2. The predicted octanol–water partition coefficient (Wildman–Crippen LogP) is 4.87. The first kappa shape index (κ1) is 43.0. The maximum Gasteiger partial charge on any atom is 0.514 e. The maximum absolute atomic E-state index is 13.5. The van der Waals surface area contributed by atoms with Crippen LogP contribution < -0.4 is 36.8 Å². The molecule has 0 aliphatic heterocycles. The van der Waals surface area contributed by atoms with Crippen molar-refractivity contribution in [2.45, 2.75) is 52.3 Å². The van der Waals surface area contributed by atoms with Gasteiger partial charge in [-0.15, -0.1) is 6.42 Å². The van der Waals surface area contributed by atoms with Crippen LogP contribution in [0.5, 0.6) is 5.75 Å². The number of benzene rings is 3. The van der Waals surface area contributed by atoms with Crippen LogP contribution in [0.4, 0.5) is 26.7 Å². The van der Waals surface area contributed by atoms with Crippen LogP contribution in [0.1, 0.15) is 49.5 Å². The molecule has 19 heteroatoms. The molecular formula is C36H42N7O11P. The van der Waals surface area contributed by atoms with Gasteiger partial charge >= 0.3 is 19.7 Å². The van der Waals surface area contributed by atoms with Gasteiger partial charge in [0.25, 0.3) is 11.6 Å². The van der Waals surface area contributed by atoms with Crippen LogP contribution in [-0.2, 0) is 30.0 Å².